The van der Waals surface area contributed by atoms with E-state index >= 15 is 0 Å². The molecule has 4 heteroatoms. The van der Waals surface area contributed by atoms with Crippen molar-refractivity contribution in [3.05, 3.63) is 29.0 Å². The van der Waals surface area contributed by atoms with Gasteiger partial charge < -0.3 is 4.52 Å². The second kappa shape index (κ2) is 2.51. The molecule has 0 bridgehead atoms. The average molecular weight is 186 g/mol. The molecule has 0 spiro atoms. The molecule has 0 fully saturated rings. The monoisotopic (exact) mass is 186 g/mol. The number of hydrogen-bond acceptors (Lipinski definition) is 4. The fourth-order valence-corrected chi connectivity index (χ4v) is 1.61. The highest BCUT2D eigenvalue weighted by Gasteiger charge is 2.07. The molecule has 2 heterocycles. The van der Waals surface area contributed by atoms with E-state index in [2.05, 4.69) is 10.1 Å². The van der Waals surface area contributed by atoms with Crippen molar-refractivity contribution in [1.82, 2.24) is 5.16 Å². The largest absolute Gasteiger partial charge is 0.363 e. The molecule has 0 saturated carbocycles. The van der Waals surface area contributed by atoms with Gasteiger partial charge in [-0.15, -0.1) is 0 Å². The Bertz CT molecular complexity index is 640. The van der Waals surface area contributed by atoms with Crippen molar-refractivity contribution in [2.24, 2.45) is 4.99 Å². The van der Waals surface area contributed by atoms with E-state index in [4.69, 9.17) is 4.52 Å². The third-order valence-corrected chi connectivity index (χ3v) is 2.26. The zero-order valence-corrected chi connectivity index (χ0v) is 7.23. The molecule has 0 atom stereocenters. The van der Waals surface area contributed by atoms with Crippen LogP contribution in [0.25, 0.3) is 17.0 Å². The third-order valence-electron chi connectivity index (χ3n) is 2.26. The van der Waals surface area contributed by atoms with E-state index in [1.54, 1.807) is 12.3 Å². The van der Waals surface area contributed by atoms with Crippen LogP contribution in [0, 0.1) is 0 Å². The second-order valence-corrected chi connectivity index (χ2v) is 3.18. The van der Waals surface area contributed by atoms with E-state index < -0.39 is 0 Å². The molecule has 0 saturated heterocycles. The summed E-state index contributed by atoms with van der Waals surface area (Å²) in [6.07, 6.45) is 3.16. The Hall–Kier alpha value is -1.97. The van der Waals surface area contributed by atoms with Gasteiger partial charge in [0, 0.05) is 5.22 Å². The van der Waals surface area contributed by atoms with Gasteiger partial charge in [-0.3, -0.25) is 9.79 Å². The van der Waals surface area contributed by atoms with Crippen molar-refractivity contribution in [3.8, 4) is 0 Å². The molecule has 0 unspecified atom stereocenters. The number of benzene rings is 1. The van der Waals surface area contributed by atoms with Crippen LogP contribution < -0.4 is 10.6 Å². The van der Waals surface area contributed by atoms with E-state index in [-0.39, 0.29) is 12.3 Å². The molecule has 3 rings (SSSR count). The lowest BCUT2D eigenvalue weighted by Gasteiger charge is -1.98. The van der Waals surface area contributed by atoms with Gasteiger partial charge in [-0.25, -0.2) is 0 Å². The molecule has 0 N–H and O–H groups in total. The fraction of sp³-hybridized carbons (Fsp3) is 0.100. The fourth-order valence-electron chi connectivity index (χ4n) is 1.61. The number of Topliss-reactive ketones (excluding diaryl/α,β-unsaturated/α-hetero) is 1. The Labute approximate surface area is 78.5 Å². The Morgan fingerprint density at radius 3 is 3.21 bits per heavy atom. The van der Waals surface area contributed by atoms with Crippen LogP contribution in [0.3, 0.4) is 0 Å². The van der Waals surface area contributed by atoms with Crippen LogP contribution in [-0.4, -0.2) is 17.5 Å². The lowest BCUT2D eigenvalue weighted by atomic mass is 10.1. The summed E-state index contributed by atoms with van der Waals surface area (Å²) in [5.74, 6) is 0.0355. The molecule has 2 aromatic rings. The number of ketones is 1. The summed E-state index contributed by atoms with van der Waals surface area (Å²) in [4.78, 5) is 15.3. The normalized spacial score (nSPS) is 14.7. The quantitative estimate of drug-likeness (QED) is 0.573. The summed E-state index contributed by atoms with van der Waals surface area (Å²) in [5, 5.41) is 6.33. The van der Waals surface area contributed by atoms with Crippen LogP contribution in [0.1, 0.15) is 0 Å². The Morgan fingerprint density at radius 1 is 1.36 bits per heavy atom. The molecule has 1 aliphatic rings. The standard InChI is InChI=1S/C10H6N2O2/c13-7-3-6-1-2-9-8(5-14-12-9)10(6)11-4-7/h1-3,5H,4H2. The number of hydrogen-bond donors (Lipinski definition) is 0. The summed E-state index contributed by atoms with van der Waals surface area (Å²) < 4.78 is 4.85. The highest BCUT2D eigenvalue weighted by molar-refractivity contribution is 6.08. The van der Waals surface area contributed by atoms with Gasteiger partial charge in [-0.05, 0) is 12.1 Å². The molecule has 1 aliphatic heterocycles. The number of carbonyl (C=O) groups excluding carboxylic acids is 1. The van der Waals surface area contributed by atoms with Crippen molar-refractivity contribution in [1.29, 1.82) is 0 Å². The van der Waals surface area contributed by atoms with Gasteiger partial charge in [-0.1, -0.05) is 11.2 Å². The van der Waals surface area contributed by atoms with Gasteiger partial charge >= 0.3 is 0 Å². The highest BCUT2D eigenvalue weighted by Crippen LogP contribution is 2.04. The van der Waals surface area contributed by atoms with Crippen LogP contribution in [0.4, 0.5) is 0 Å². The van der Waals surface area contributed by atoms with Crippen LogP contribution in [-0.2, 0) is 4.79 Å². The molecule has 14 heavy (non-hydrogen) atoms. The maximum absolute atomic E-state index is 11.1. The maximum atomic E-state index is 11.1. The Morgan fingerprint density at radius 2 is 2.29 bits per heavy atom. The number of carbonyl (C=O) groups is 1. The van der Waals surface area contributed by atoms with E-state index in [1.165, 1.54) is 0 Å². The molecule has 4 nitrogen and oxygen atoms in total. The SMILES string of the molecule is O=C1C=c2ccc3nocc3c2=NC1. The van der Waals surface area contributed by atoms with Crippen molar-refractivity contribution in [2.45, 2.75) is 0 Å². The first-order valence-corrected chi connectivity index (χ1v) is 4.27. The first kappa shape index (κ1) is 7.44. The molecule has 1 aromatic heterocycles. The van der Waals surface area contributed by atoms with Crippen molar-refractivity contribution in [3.63, 3.8) is 0 Å². The van der Waals surface area contributed by atoms with Crippen LogP contribution in [0.5, 0.6) is 0 Å². The van der Waals surface area contributed by atoms with Crippen molar-refractivity contribution >= 4 is 22.8 Å². The highest BCUT2D eigenvalue weighted by atomic mass is 16.5. The van der Waals surface area contributed by atoms with Crippen LogP contribution >= 0.6 is 0 Å². The molecule has 1 aromatic carbocycles. The maximum Gasteiger partial charge on any atom is 0.177 e. The van der Waals surface area contributed by atoms with E-state index in [0.29, 0.717) is 0 Å². The van der Waals surface area contributed by atoms with E-state index in [0.717, 1.165) is 21.5 Å². The summed E-state index contributed by atoms with van der Waals surface area (Å²) >= 11 is 0. The summed E-state index contributed by atoms with van der Waals surface area (Å²) in [5.41, 5.74) is 0.773. The summed E-state index contributed by atoms with van der Waals surface area (Å²) in [6.45, 7) is 0.220. The van der Waals surface area contributed by atoms with Gasteiger partial charge in [0.05, 0.1) is 10.7 Å². The summed E-state index contributed by atoms with van der Waals surface area (Å²) in [7, 11) is 0. The first-order valence-electron chi connectivity index (χ1n) is 4.27. The number of nitrogens with zero attached hydrogens (tertiary/aromatic N) is 2. The lowest BCUT2D eigenvalue weighted by molar-refractivity contribution is -0.112. The van der Waals surface area contributed by atoms with Crippen molar-refractivity contribution < 1.29 is 9.32 Å². The second-order valence-electron chi connectivity index (χ2n) is 3.18. The van der Waals surface area contributed by atoms with Gasteiger partial charge in [0.15, 0.2) is 5.78 Å². The minimum atomic E-state index is 0.0355. The lowest BCUT2D eigenvalue weighted by Crippen LogP contribution is -2.31. The third kappa shape index (κ3) is 0.907. The predicted molar refractivity (Wildman–Crippen MR) is 49.1 cm³/mol. The smallest absolute Gasteiger partial charge is 0.177 e. The van der Waals surface area contributed by atoms with Gasteiger partial charge in [0.1, 0.15) is 18.3 Å². The Balaban J connectivity index is 2.59. The first-order chi connectivity index (χ1) is 6.84. The predicted octanol–water partition coefficient (Wildman–Crippen LogP) is -0.189. The molecule has 0 amide bonds. The van der Waals surface area contributed by atoms with Gasteiger partial charge in [0.25, 0.3) is 0 Å². The summed E-state index contributed by atoms with van der Waals surface area (Å²) in [6, 6.07) is 3.66. The average Bonchev–Trinajstić information content (AvgIpc) is 2.65. The molecular formula is C10H6N2O2. The van der Waals surface area contributed by atoms with Crippen LogP contribution in [0.2, 0.25) is 0 Å². The van der Waals surface area contributed by atoms with Crippen LogP contribution in [0.15, 0.2) is 27.9 Å². The zero-order chi connectivity index (χ0) is 9.54. The molecule has 0 aliphatic carbocycles. The van der Waals surface area contributed by atoms with Crippen molar-refractivity contribution in [2.75, 3.05) is 6.54 Å². The number of rotatable bonds is 0. The minimum absolute atomic E-state index is 0.0355. The van der Waals surface area contributed by atoms with Gasteiger partial charge in [-0.2, -0.15) is 0 Å². The zero-order valence-electron chi connectivity index (χ0n) is 7.23. The Kier molecular flexibility index (Phi) is 1.33. The number of aromatic nitrogens is 1. The minimum Gasteiger partial charge on any atom is -0.363 e. The molecular weight excluding hydrogens is 180 g/mol. The topological polar surface area (TPSA) is 55.5 Å². The van der Waals surface area contributed by atoms with E-state index in [9.17, 15) is 4.79 Å². The molecule has 68 valence electrons. The molecule has 0 radical (unpaired) electrons. The van der Waals surface area contributed by atoms with E-state index in [1.807, 2.05) is 12.1 Å². The number of fused-ring (bicyclic) bond motifs is 3. The van der Waals surface area contributed by atoms with Gasteiger partial charge in [0.2, 0.25) is 0 Å².